The largest absolute Gasteiger partial charge is 0.505 e. The normalized spacial score (nSPS) is 18.9. The molecular weight excluding hydrogens is 304 g/mol. The average molecular weight is 330 g/mol. The van der Waals surface area contributed by atoms with Gasteiger partial charge in [0, 0.05) is 6.42 Å². The Hall–Kier alpha value is -1.76. The average Bonchev–Trinajstić information content (AvgIpc) is 2.79. The first-order chi connectivity index (χ1) is 11.0. The lowest BCUT2D eigenvalue weighted by atomic mass is 10.1. The van der Waals surface area contributed by atoms with Crippen LogP contribution in [0.1, 0.15) is 58.3 Å². The molecule has 0 saturated heterocycles. The molecule has 0 saturated carbocycles. The van der Waals surface area contributed by atoms with Gasteiger partial charge in [-0.25, -0.2) is 4.79 Å². The molecule has 3 N–H and O–H groups in total. The van der Waals surface area contributed by atoms with Crippen LogP contribution in [0.15, 0.2) is 11.5 Å². The first-order valence-corrected chi connectivity index (χ1v) is 8.14. The second kappa shape index (κ2) is 10.1. The minimum Gasteiger partial charge on any atom is -0.505 e. The highest BCUT2D eigenvalue weighted by Gasteiger charge is 2.39. The van der Waals surface area contributed by atoms with E-state index in [2.05, 4.69) is 11.7 Å². The Balaban J connectivity index is 2.13. The molecule has 1 aliphatic heterocycles. The third-order valence-electron chi connectivity index (χ3n) is 3.69. The number of hydrogen-bond donors (Lipinski definition) is 3. The highest BCUT2D eigenvalue weighted by molar-refractivity contribution is 5.89. The minimum absolute atomic E-state index is 0.262. The van der Waals surface area contributed by atoms with E-state index >= 15 is 0 Å². The maximum atomic E-state index is 11.5. The number of aliphatic hydroxyl groups is 3. The van der Waals surface area contributed by atoms with Gasteiger partial charge < -0.3 is 24.8 Å². The molecule has 1 heterocycles. The van der Waals surface area contributed by atoms with Crippen molar-refractivity contribution >= 4 is 11.9 Å². The van der Waals surface area contributed by atoms with Crippen molar-refractivity contribution in [3.05, 3.63) is 11.5 Å². The van der Waals surface area contributed by atoms with Gasteiger partial charge >= 0.3 is 11.9 Å². The summed E-state index contributed by atoms with van der Waals surface area (Å²) in [6.07, 6.45) is 5.06. The summed E-state index contributed by atoms with van der Waals surface area (Å²) < 4.78 is 9.46. The van der Waals surface area contributed by atoms with Gasteiger partial charge in [0.2, 0.25) is 5.76 Å². The number of unbranched alkanes of at least 4 members (excludes halogenated alkanes) is 6. The molecule has 0 spiro atoms. The molecule has 0 unspecified atom stereocenters. The Labute approximate surface area is 135 Å². The Morgan fingerprint density at radius 1 is 1.17 bits per heavy atom. The number of hydrogen-bond acceptors (Lipinski definition) is 7. The summed E-state index contributed by atoms with van der Waals surface area (Å²) in [5.74, 6) is -3.23. The van der Waals surface area contributed by atoms with E-state index in [0.717, 1.165) is 19.3 Å². The lowest BCUT2D eigenvalue weighted by Crippen LogP contribution is -2.33. The van der Waals surface area contributed by atoms with E-state index in [-0.39, 0.29) is 6.42 Å². The zero-order chi connectivity index (χ0) is 17.2. The summed E-state index contributed by atoms with van der Waals surface area (Å²) in [5.41, 5.74) is 0. The topological polar surface area (TPSA) is 113 Å². The third-order valence-corrected chi connectivity index (χ3v) is 3.69. The number of carbonyl (C=O) groups is 2. The van der Waals surface area contributed by atoms with Gasteiger partial charge in [0.15, 0.2) is 11.9 Å². The maximum absolute atomic E-state index is 11.5. The van der Waals surface area contributed by atoms with Crippen molar-refractivity contribution in [2.24, 2.45) is 0 Å². The van der Waals surface area contributed by atoms with Crippen molar-refractivity contribution in [1.29, 1.82) is 0 Å². The summed E-state index contributed by atoms with van der Waals surface area (Å²) in [7, 11) is 0. The molecule has 0 fully saturated rings. The van der Waals surface area contributed by atoms with Crippen molar-refractivity contribution in [3.8, 4) is 0 Å². The number of rotatable bonds is 11. The van der Waals surface area contributed by atoms with Crippen LogP contribution in [-0.4, -0.2) is 46.1 Å². The van der Waals surface area contributed by atoms with E-state index in [1.807, 2.05) is 0 Å². The van der Waals surface area contributed by atoms with E-state index in [0.29, 0.717) is 0 Å². The summed E-state index contributed by atoms with van der Waals surface area (Å²) in [6, 6.07) is 0. The van der Waals surface area contributed by atoms with Gasteiger partial charge in [0.1, 0.15) is 12.7 Å². The fourth-order valence-electron chi connectivity index (χ4n) is 2.29. The minimum atomic E-state index is -1.42. The van der Waals surface area contributed by atoms with E-state index in [4.69, 9.17) is 9.84 Å². The molecule has 23 heavy (non-hydrogen) atoms. The van der Waals surface area contributed by atoms with E-state index in [1.165, 1.54) is 25.7 Å². The Bertz CT molecular complexity index is 430. The van der Waals surface area contributed by atoms with Gasteiger partial charge in [-0.3, -0.25) is 4.79 Å². The van der Waals surface area contributed by atoms with Crippen molar-refractivity contribution in [2.75, 3.05) is 6.61 Å². The first kappa shape index (κ1) is 19.3. The summed E-state index contributed by atoms with van der Waals surface area (Å²) in [6.45, 7) is 1.75. The molecule has 0 aromatic rings. The van der Waals surface area contributed by atoms with Crippen LogP contribution in [0, 0.1) is 0 Å². The van der Waals surface area contributed by atoms with Gasteiger partial charge in [-0.1, -0.05) is 45.4 Å². The molecule has 0 radical (unpaired) electrons. The molecule has 0 aromatic carbocycles. The summed E-state index contributed by atoms with van der Waals surface area (Å²) in [4.78, 5) is 22.5. The summed E-state index contributed by atoms with van der Waals surface area (Å²) in [5, 5.41) is 28.3. The monoisotopic (exact) mass is 330 g/mol. The first-order valence-electron chi connectivity index (χ1n) is 8.14. The quantitative estimate of drug-likeness (QED) is 0.393. The number of ether oxygens (including phenoxy) is 2. The molecule has 2 atom stereocenters. The Morgan fingerprint density at radius 2 is 1.78 bits per heavy atom. The molecule has 0 aromatic heterocycles. The zero-order valence-corrected chi connectivity index (χ0v) is 13.5. The van der Waals surface area contributed by atoms with Gasteiger partial charge in [-0.05, 0) is 6.42 Å². The predicted molar refractivity (Wildman–Crippen MR) is 81.7 cm³/mol. The van der Waals surface area contributed by atoms with Crippen molar-refractivity contribution in [3.63, 3.8) is 0 Å². The SMILES string of the molecule is CCCCCCCCCC(=O)OC[C@@H](O)[C@H]1OC(=O)C(O)=C1O. The summed E-state index contributed by atoms with van der Waals surface area (Å²) >= 11 is 0. The van der Waals surface area contributed by atoms with Crippen molar-refractivity contribution < 1.29 is 34.4 Å². The van der Waals surface area contributed by atoms with Crippen molar-refractivity contribution in [1.82, 2.24) is 0 Å². The Morgan fingerprint density at radius 3 is 2.35 bits per heavy atom. The van der Waals surface area contributed by atoms with Gasteiger partial charge in [-0.15, -0.1) is 0 Å². The number of carbonyl (C=O) groups excluding carboxylic acids is 2. The highest BCUT2D eigenvalue weighted by atomic mass is 16.6. The van der Waals surface area contributed by atoms with Gasteiger partial charge in [-0.2, -0.15) is 0 Å². The molecule has 0 aliphatic carbocycles. The maximum Gasteiger partial charge on any atom is 0.377 e. The molecule has 0 amide bonds. The fourth-order valence-corrected chi connectivity index (χ4v) is 2.29. The predicted octanol–water partition coefficient (Wildman–Crippen LogP) is 2.28. The molecule has 7 nitrogen and oxygen atoms in total. The van der Waals surface area contributed by atoms with Crippen LogP contribution in [0.3, 0.4) is 0 Å². The van der Waals surface area contributed by atoms with Gasteiger partial charge in [0.05, 0.1) is 0 Å². The Kier molecular flexibility index (Phi) is 8.47. The van der Waals surface area contributed by atoms with Crippen LogP contribution in [0.4, 0.5) is 0 Å². The standard InChI is InChI=1S/C16H26O7/c1-2-3-4-5-6-7-8-9-12(18)22-10-11(17)15-13(19)14(20)16(21)23-15/h11,15,17,19-20H,2-10H2,1H3/t11-,15-/m1/s1. The van der Waals surface area contributed by atoms with E-state index < -0.39 is 42.3 Å². The lowest BCUT2D eigenvalue weighted by molar-refractivity contribution is -0.154. The van der Waals surface area contributed by atoms with Crippen LogP contribution in [-0.2, 0) is 19.1 Å². The molecular formula is C16H26O7. The van der Waals surface area contributed by atoms with E-state index in [1.54, 1.807) is 0 Å². The van der Waals surface area contributed by atoms with Crippen LogP contribution in [0.5, 0.6) is 0 Å². The van der Waals surface area contributed by atoms with Crippen molar-refractivity contribution in [2.45, 2.75) is 70.5 Å². The van der Waals surface area contributed by atoms with E-state index in [9.17, 15) is 19.8 Å². The fraction of sp³-hybridized carbons (Fsp3) is 0.750. The molecule has 0 bridgehead atoms. The van der Waals surface area contributed by atoms with Gasteiger partial charge in [0.25, 0.3) is 0 Å². The smallest absolute Gasteiger partial charge is 0.377 e. The third kappa shape index (κ3) is 6.48. The molecule has 1 aliphatic rings. The number of cyclic esters (lactones) is 1. The molecule has 7 heteroatoms. The van der Waals surface area contributed by atoms with Crippen LogP contribution in [0.2, 0.25) is 0 Å². The molecule has 132 valence electrons. The highest BCUT2D eigenvalue weighted by Crippen LogP contribution is 2.21. The van der Waals surface area contributed by atoms with Crippen LogP contribution < -0.4 is 0 Å². The second-order valence-electron chi connectivity index (χ2n) is 5.68. The zero-order valence-electron chi connectivity index (χ0n) is 13.5. The molecule has 1 rings (SSSR count). The second-order valence-corrected chi connectivity index (χ2v) is 5.68. The lowest BCUT2D eigenvalue weighted by Gasteiger charge is -2.17. The van der Waals surface area contributed by atoms with Crippen LogP contribution in [0.25, 0.3) is 0 Å². The number of esters is 2. The van der Waals surface area contributed by atoms with Crippen LogP contribution >= 0.6 is 0 Å². The number of aliphatic hydroxyl groups excluding tert-OH is 3.